The van der Waals surface area contributed by atoms with Crippen LogP contribution in [0.15, 0.2) is 48.7 Å². The van der Waals surface area contributed by atoms with Crippen molar-refractivity contribution in [3.8, 4) is 0 Å². The fourth-order valence-corrected chi connectivity index (χ4v) is 1.50. The molecular weight excluding hydrogens is 271 g/mol. The number of carbonyl (C=O) groups is 1. The van der Waals surface area contributed by atoms with E-state index in [9.17, 15) is 18.0 Å². The summed E-state index contributed by atoms with van der Waals surface area (Å²) in [4.78, 5) is 15.6. The molecule has 1 aromatic heterocycles. The van der Waals surface area contributed by atoms with Crippen molar-refractivity contribution >= 4 is 5.97 Å². The third-order valence-corrected chi connectivity index (χ3v) is 2.53. The average molecular weight is 281 g/mol. The van der Waals surface area contributed by atoms with Crippen LogP contribution in [0.2, 0.25) is 0 Å². The van der Waals surface area contributed by atoms with Crippen LogP contribution in [-0.2, 0) is 17.5 Å². The molecule has 20 heavy (non-hydrogen) atoms. The first-order valence-electron chi connectivity index (χ1n) is 5.71. The molecule has 0 amide bonds. The van der Waals surface area contributed by atoms with E-state index in [0.717, 1.165) is 24.3 Å². The Morgan fingerprint density at radius 1 is 1.10 bits per heavy atom. The van der Waals surface area contributed by atoms with Gasteiger partial charge in [0.25, 0.3) is 0 Å². The van der Waals surface area contributed by atoms with Crippen LogP contribution in [0.4, 0.5) is 13.2 Å². The molecule has 104 valence electrons. The third kappa shape index (κ3) is 3.57. The van der Waals surface area contributed by atoms with Gasteiger partial charge in [0, 0.05) is 6.20 Å². The fourth-order valence-electron chi connectivity index (χ4n) is 1.50. The molecule has 1 aromatic carbocycles. The molecule has 3 nitrogen and oxygen atoms in total. The highest BCUT2D eigenvalue weighted by Crippen LogP contribution is 2.29. The molecule has 0 atom stereocenters. The lowest BCUT2D eigenvalue weighted by molar-refractivity contribution is -0.137. The normalized spacial score (nSPS) is 11.2. The van der Waals surface area contributed by atoms with Crippen LogP contribution in [0.3, 0.4) is 0 Å². The zero-order chi connectivity index (χ0) is 14.6. The van der Waals surface area contributed by atoms with Crippen molar-refractivity contribution < 1.29 is 22.7 Å². The monoisotopic (exact) mass is 281 g/mol. The second-order valence-corrected chi connectivity index (χ2v) is 3.97. The van der Waals surface area contributed by atoms with Crippen LogP contribution in [0.1, 0.15) is 21.6 Å². The van der Waals surface area contributed by atoms with E-state index < -0.39 is 17.7 Å². The molecule has 2 aromatic rings. The van der Waals surface area contributed by atoms with E-state index >= 15 is 0 Å². The molecule has 0 radical (unpaired) electrons. The minimum atomic E-state index is -4.42. The summed E-state index contributed by atoms with van der Waals surface area (Å²) in [6.07, 6.45) is -2.86. The van der Waals surface area contributed by atoms with Gasteiger partial charge in [-0.15, -0.1) is 0 Å². The fraction of sp³-hybridized carbons (Fsp3) is 0.143. The van der Waals surface area contributed by atoms with E-state index in [4.69, 9.17) is 4.74 Å². The number of halogens is 3. The highest BCUT2D eigenvalue weighted by Gasteiger charge is 2.30. The number of aromatic nitrogens is 1. The number of ether oxygens (including phenoxy) is 1. The van der Waals surface area contributed by atoms with Crippen molar-refractivity contribution in [2.75, 3.05) is 0 Å². The number of nitrogens with zero attached hydrogens (tertiary/aromatic N) is 1. The number of hydrogen-bond acceptors (Lipinski definition) is 3. The molecular formula is C14H10F3NO2. The Morgan fingerprint density at radius 3 is 2.35 bits per heavy atom. The molecule has 0 saturated heterocycles. The summed E-state index contributed by atoms with van der Waals surface area (Å²) in [6.45, 7) is -0.0271. The Balaban J connectivity index is 1.99. The minimum Gasteiger partial charge on any atom is -0.456 e. The van der Waals surface area contributed by atoms with Gasteiger partial charge in [-0.05, 0) is 36.4 Å². The van der Waals surface area contributed by atoms with Gasteiger partial charge in [-0.3, -0.25) is 4.98 Å². The van der Waals surface area contributed by atoms with Crippen LogP contribution < -0.4 is 0 Å². The zero-order valence-corrected chi connectivity index (χ0v) is 10.2. The number of benzene rings is 1. The van der Waals surface area contributed by atoms with E-state index in [1.807, 2.05) is 0 Å². The second kappa shape index (κ2) is 5.73. The Hall–Kier alpha value is -2.37. The Bertz CT molecular complexity index is 580. The largest absolute Gasteiger partial charge is 0.456 e. The van der Waals surface area contributed by atoms with E-state index in [1.165, 1.54) is 0 Å². The van der Waals surface area contributed by atoms with Crippen LogP contribution >= 0.6 is 0 Å². The summed E-state index contributed by atoms with van der Waals surface area (Å²) in [5.74, 6) is -0.690. The number of carbonyl (C=O) groups excluding carboxylic acids is 1. The van der Waals surface area contributed by atoms with Gasteiger partial charge in [0.15, 0.2) is 0 Å². The predicted octanol–water partition coefficient (Wildman–Crippen LogP) is 3.46. The Kier molecular flexibility index (Phi) is 4.02. The number of pyridine rings is 1. The molecule has 0 aliphatic carbocycles. The summed E-state index contributed by atoms with van der Waals surface area (Å²) in [5, 5.41) is 0. The van der Waals surface area contributed by atoms with Gasteiger partial charge in [-0.1, -0.05) is 6.07 Å². The topological polar surface area (TPSA) is 39.2 Å². The maximum Gasteiger partial charge on any atom is 0.416 e. The third-order valence-electron chi connectivity index (χ3n) is 2.53. The van der Waals surface area contributed by atoms with Crippen molar-refractivity contribution in [3.63, 3.8) is 0 Å². The van der Waals surface area contributed by atoms with Gasteiger partial charge in [0.2, 0.25) is 0 Å². The molecule has 0 spiro atoms. The Labute approximate surface area is 113 Å². The van der Waals surface area contributed by atoms with Crippen LogP contribution in [0, 0.1) is 0 Å². The van der Waals surface area contributed by atoms with Crippen LogP contribution in [0.25, 0.3) is 0 Å². The maximum atomic E-state index is 12.4. The average Bonchev–Trinajstić information content (AvgIpc) is 2.45. The van der Waals surface area contributed by atoms with E-state index in [2.05, 4.69) is 4.98 Å². The second-order valence-electron chi connectivity index (χ2n) is 3.97. The van der Waals surface area contributed by atoms with Crippen molar-refractivity contribution in [1.29, 1.82) is 0 Å². The maximum absolute atomic E-state index is 12.4. The molecule has 0 aliphatic rings. The smallest absolute Gasteiger partial charge is 0.416 e. The van der Waals surface area contributed by atoms with E-state index in [-0.39, 0.29) is 12.2 Å². The van der Waals surface area contributed by atoms with Crippen LogP contribution in [0.5, 0.6) is 0 Å². The van der Waals surface area contributed by atoms with Crippen molar-refractivity contribution in [2.45, 2.75) is 12.8 Å². The lowest BCUT2D eigenvalue weighted by Gasteiger charge is -2.07. The highest BCUT2D eigenvalue weighted by atomic mass is 19.4. The molecule has 0 N–H and O–H groups in total. The quantitative estimate of drug-likeness (QED) is 0.809. The zero-order valence-electron chi connectivity index (χ0n) is 10.2. The molecule has 0 aliphatic heterocycles. The van der Waals surface area contributed by atoms with Gasteiger partial charge in [-0.25, -0.2) is 4.79 Å². The first-order chi connectivity index (χ1) is 9.47. The number of esters is 1. The molecule has 0 saturated carbocycles. The first-order valence-corrected chi connectivity index (χ1v) is 5.71. The summed E-state index contributed by atoms with van der Waals surface area (Å²) >= 11 is 0. The first kappa shape index (κ1) is 14.0. The summed E-state index contributed by atoms with van der Waals surface area (Å²) in [7, 11) is 0. The van der Waals surface area contributed by atoms with Gasteiger partial charge in [0.05, 0.1) is 16.8 Å². The van der Waals surface area contributed by atoms with Gasteiger partial charge >= 0.3 is 12.1 Å². The molecule has 0 fully saturated rings. The lowest BCUT2D eigenvalue weighted by Crippen LogP contribution is -2.08. The van der Waals surface area contributed by atoms with Gasteiger partial charge in [0.1, 0.15) is 6.61 Å². The standard InChI is InChI=1S/C14H10F3NO2/c15-14(16,17)11-6-4-10(5-7-11)13(19)20-9-12-3-1-2-8-18-12/h1-8H,9H2. The summed E-state index contributed by atoms with van der Waals surface area (Å²) < 4.78 is 42.1. The molecule has 0 bridgehead atoms. The predicted molar refractivity (Wildman–Crippen MR) is 64.8 cm³/mol. The SMILES string of the molecule is O=C(OCc1ccccn1)c1ccc(C(F)(F)F)cc1. The molecule has 2 rings (SSSR count). The minimum absolute atomic E-state index is 0.0271. The summed E-state index contributed by atoms with van der Waals surface area (Å²) in [5.41, 5.74) is -0.180. The van der Waals surface area contributed by atoms with E-state index in [1.54, 1.807) is 24.4 Å². The number of hydrogen-bond donors (Lipinski definition) is 0. The van der Waals surface area contributed by atoms with Gasteiger partial charge in [-0.2, -0.15) is 13.2 Å². The van der Waals surface area contributed by atoms with E-state index in [0.29, 0.717) is 5.69 Å². The molecule has 6 heteroatoms. The van der Waals surface area contributed by atoms with Crippen LogP contribution in [-0.4, -0.2) is 11.0 Å². The number of rotatable bonds is 3. The highest BCUT2D eigenvalue weighted by molar-refractivity contribution is 5.89. The Morgan fingerprint density at radius 2 is 1.80 bits per heavy atom. The molecule has 1 heterocycles. The van der Waals surface area contributed by atoms with Crippen molar-refractivity contribution in [1.82, 2.24) is 4.98 Å². The molecule has 0 unspecified atom stereocenters. The van der Waals surface area contributed by atoms with Crippen molar-refractivity contribution in [2.24, 2.45) is 0 Å². The number of alkyl halides is 3. The van der Waals surface area contributed by atoms with Gasteiger partial charge < -0.3 is 4.74 Å². The summed E-state index contributed by atoms with van der Waals surface area (Å²) in [6, 6.07) is 9.01. The van der Waals surface area contributed by atoms with Crippen molar-refractivity contribution in [3.05, 3.63) is 65.5 Å². The lowest BCUT2D eigenvalue weighted by atomic mass is 10.1.